The minimum absolute atomic E-state index is 0.176. The van der Waals surface area contributed by atoms with E-state index in [9.17, 15) is 9.90 Å². The second kappa shape index (κ2) is 11.0. The van der Waals surface area contributed by atoms with Gasteiger partial charge in [-0.15, -0.1) is 0 Å². The van der Waals surface area contributed by atoms with Gasteiger partial charge in [-0.05, 0) is 54.6 Å². The average molecular weight is 487 g/mol. The van der Waals surface area contributed by atoms with Crippen LogP contribution in [-0.2, 0) is 9.53 Å². The van der Waals surface area contributed by atoms with Crippen LogP contribution in [0.15, 0.2) is 47.6 Å². The highest BCUT2D eigenvalue weighted by Crippen LogP contribution is 2.24. The van der Waals surface area contributed by atoms with Gasteiger partial charge in [-0.25, -0.2) is 0 Å². The van der Waals surface area contributed by atoms with E-state index in [1.165, 1.54) is 0 Å². The lowest BCUT2D eigenvalue weighted by Crippen LogP contribution is -2.36. The third-order valence-electron chi connectivity index (χ3n) is 3.67. The molecule has 0 spiro atoms. The first-order chi connectivity index (χ1) is 12.2. The molecular formula is C20H30INO3Si. The Morgan fingerprint density at radius 3 is 2.42 bits per heavy atom. The molecule has 0 aromatic heterocycles. The number of anilines is 1. The molecule has 6 heteroatoms. The lowest BCUT2D eigenvalue weighted by atomic mass is 10.2. The number of hydrogen-bond acceptors (Lipinski definition) is 3. The lowest BCUT2D eigenvalue weighted by molar-refractivity contribution is -0.116. The maximum Gasteiger partial charge on any atom is 0.258 e. The molecule has 144 valence electrons. The molecule has 1 N–H and O–H groups in total. The minimum Gasteiger partial charge on any atom is -0.391 e. The maximum atomic E-state index is 13.0. The summed E-state index contributed by atoms with van der Waals surface area (Å²) in [5.74, 6) is -0.234. The van der Waals surface area contributed by atoms with Crippen molar-refractivity contribution in [1.82, 2.24) is 0 Å². The van der Waals surface area contributed by atoms with Gasteiger partial charge in [-0.1, -0.05) is 49.5 Å². The van der Waals surface area contributed by atoms with Crippen molar-refractivity contribution in [2.24, 2.45) is 0 Å². The Bertz CT molecular complexity index is 661. The number of rotatable bonds is 9. The third kappa shape index (κ3) is 8.16. The van der Waals surface area contributed by atoms with Crippen molar-refractivity contribution in [1.29, 1.82) is 0 Å². The quantitative estimate of drug-likeness (QED) is 0.136. The smallest absolute Gasteiger partial charge is 0.258 e. The zero-order chi connectivity index (χ0) is 19.7. The molecule has 1 rings (SSSR count). The second-order valence-corrected chi connectivity index (χ2v) is 14.4. The van der Waals surface area contributed by atoms with E-state index in [0.717, 1.165) is 20.9 Å². The lowest BCUT2D eigenvalue weighted by Gasteiger charge is -2.25. The van der Waals surface area contributed by atoms with Crippen LogP contribution in [0.3, 0.4) is 0 Å². The van der Waals surface area contributed by atoms with E-state index in [2.05, 4.69) is 42.2 Å². The molecule has 1 amide bonds. The SMILES string of the molecule is CC(C)=C/C=C(\CO)C(=O)N(COCC[Si](C)(C)C)c1ccccc1I. The maximum absolute atomic E-state index is 13.0. The molecule has 0 bridgehead atoms. The van der Waals surface area contributed by atoms with Crippen molar-refractivity contribution in [3.8, 4) is 0 Å². The Morgan fingerprint density at radius 1 is 1.23 bits per heavy atom. The number of hydrogen-bond donors (Lipinski definition) is 1. The van der Waals surface area contributed by atoms with Crippen LogP contribution in [0.4, 0.5) is 5.69 Å². The summed E-state index contributed by atoms with van der Waals surface area (Å²) < 4.78 is 6.80. The van der Waals surface area contributed by atoms with Crippen LogP contribution in [0, 0.1) is 3.57 Å². The molecule has 0 aliphatic heterocycles. The van der Waals surface area contributed by atoms with Gasteiger partial charge in [0, 0.05) is 23.8 Å². The average Bonchev–Trinajstić information content (AvgIpc) is 2.55. The molecule has 1 aromatic carbocycles. The molecule has 0 aliphatic carbocycles. The van der Waals surface area contributed by atoms with Crippen molar-refractivity contribution in [2.75, 3.05) is 24.8 Å². The summed E-state index contributed by atoms with van der Waals surface area (Å²) in [6.45, 7) is 11.3. The Labute approximate surface area is 172 Å². The van der Waals surface area contributed by atoms with Crippen LogP contribution < -0.4 is 4.90 Å². The summed E-state index contributed by atoms with van der Waals surface area (Å²) in [6.07, 6.45) is 3.52. The van der Waals surface area contributed by atoms with Gasteiger partial charge in [0.05, 0.1) is 12.3 Å². The summed E-state index contributed by atoms with van der Waals surface area (Å²) in [7, 11) is -1.19. The molecule has 0 unspecified atom stereocenters. The fourth-order valence-corrected chi connectivity index (χ4v) is 3.51. The number of amides is 1. The summed E-state index contributed by atoms with van der Waals surface area (Å²) in [6, 6.07) is 8.74. The zero-order valence-corrected chi connectivity index (χ0v) is 19.5. The topological polar surface area (TPSA) is 49.8 Å². The van der Waals surface area contributed by atoms with Gasteiger partial charge < -0.3 is 9.84 Å². The monoisotopic (exact) mass is 487 g/mol. The molecule has 0 atom stereocenters. The van der Waals surface area contributed by atoms with Crippen molar-refractivity contribution >= 4 is 42.3 Å². The largest absolute Gasteiger partial charge is 0.391 e. The van der Waals surface area contributed by atoms with Crippen LogP contribution in [0.25, 0.3) is 0 Å². The van der Waals surface area contributed by atoms with Gasteiger partial charge >= 0.3 is 0 Å². The Balaban J connectivity index is 3.04. The molecule has 0 saturated heterocycles. The first-order valence-corrected chi connectivity index (χ1v) is 13.5. The van der Waals surface area contributed by atoms with Crippen LogP contribution in [0.5, 0.6) is 0 Å². The molecule has 0 saturated carbocycles. The van der Waals surface area contributed by atoms with Gasteiger partial charge in [-0.3, -0.25) is 9.69 Å². The summed E-state index contributed by atoms with van der Waals surface area (Å²) in [5.41, 5.74) is 2.21. The molecule has 0 radical (unpaired) electrons. The molecule has 0 fully saturated rings. The number of carbonyl (C=O) groups is 1. The number of benzene rings is 1. The fourth-order valence-electron chi connectivity index (χ4n) is 2.07. The molecule has 4 nitrogen and oxygen atoms in total. The predicted molar refractivity (Wildman–Crippen MR) is 120 cm³/mol. The first kappa shape index (κ1) is 23.1. The van der Waals surface area contributed by atoms with Crippen molar-refractivity contribution in [3.63, 3.8) is 0 Å². The van der Waals surface area contributed by atoms with Crippen molar-refractivity contribution < 1.29 is 14.6 Å². The van der Waals surface area contributed by atoms with E-state index in [1.807, 2.05) is 44.2 Å². The van der Waals surface area contributed by atoms with E-state index in [4.69, 9.17) is 4.74 Å². The van der Waals surface area contributed by atoms with E-state index >= 15 is 0 Å². The van der Waals surface area contributed by atoms with E-state index in [0.29, 0.717) is 12.2 Å². The highest BCUT2D eigenvalue weighted by atomic mass is 127. The zero-order valence-electron chi connectivity index (χ0n) is 16.4. The normalized spacial score (nSPS) is 12.0. The standard InChI is InChI=1S/C20H30INO3Si/c1-16(2)10-11-17(14-23)20(24)22(15-25-12-13-26(3,4)5)19-9-7-6-8-18(19)21/h6-11,23H,12-15H2,1-5H3/b17-11+. The fraction of sp³-hybridized carbons (Fsp3) is 0.450. The molecule has 0 aliphatic rings. The van der Waals surface area contributed by atoms with E-state index in [1.54, 1.807) is 11.0 Å². The highest BCUT2D eigenvalue weighted by Gasteiger charge is 2.22. The summed E-state index contributed by atoms with van der Waals surface area (Å²) in [4.78, 5) is 14.6. The second-order valence-electron chi connectivity index (χ2n) is 7.63. The number of carbonyl (C=O) groups excluding carboxylic acids is 1. The van der Waals surface area contributed by atoms with Crippen molar-refractivity contribution in [3.05, 3.63) is 51.1 Å². The van der Waals surface area contributed by atoms with Crippen molar-refractivity contribution in [2.45, 2.75) is 39.5 Å². The Hall–Kier alpha value is -0.963. The Kier molecular flexibility index (Phi) is 9.77. The van der Waals surface area contributed by atoms with Gasteiger partial charge in [-0.2, -0.15) is 0 Å². The number of aliphatic hydroxyl groups is 1. The number of aliphatic hydroxyl groups excluding tert-OH is 1. The van der Waals surface area contributed by atoms with E-state index in [-0.39, 0.29) is 19.2 Å². The van der Waals surface area contributed by atoms with Gasteiger partial charge in [0.2, 0.25) is 0 Å². The van der Waals surface area contributed by atoms with Crippen LogP contribution in [0.2, 0.25) is 25.7 Å². The first-order valence-electron chi connectivity index (χ1n) is 8.75. The molecular weight excluding hydrogens is 457 g/mol. The number of halogens is 1. The molecule has 0 heterocycles. The number of ether oxygens (including phenoxy) is 1. The number of nitrogens with zero attached hydrogens (tertiary/aromatic N) is 1. The van der Waals surface area contributed by atoms with Gasteiger partial charge in [0.15, 0.2) is 0 Å². The molecule has 26 heavy (non-hydrogen) atoms. The molecule has 1 aromatic rings. The predicted octanol–water partition coefficient (Wildman–Crippen LogP) is 4.82. The minimum atomic E-state index is -1.19. The highest BCUT2D eigenvalue weighted by molar-refractivity contribution is 14.1. The van der Waals surface area contributed by atoms with Crippen LogP contribution in [-0.4, -0.2) is 39.0 Å². The number of allylic oxidation sites excluding steroid dienone is 3. The summed E-state index contributed by atoms with van der Waals surface area (Å²) >= 11 is 2.21. The third-order valence-corrected chi connectivity index (χ3v) is 6.28. The van der Waals surface area contributed by atoms with Crippen LogP contribution in [0.1, 0.15) is 13.8 Å². The van der Waals surface area contributed by atoms with E-state index < -0.39 is 8.07 Å². The summed E-state index contributed by atoms with van der Waals surface area (Å²) in [5, 5.41) is 9.67. The number of para-hydroxylation sites is 1. The Morgan fingerprint density at radius 2 is 1.88 bits per heavy atom. The van der Waals surface area contributed by atoms with Gasteiger partial charge in [0.1, 0.15) is 6.73 Å². The van der Waals surface area contributed by atoms with Gasteiger partial charge in [0.25, 0.3) is 5.91 Å². The van der Waals surface area contributed by atoms with Crippen LogP contribution >= 0.6 is 22.6 Å².